The topological polar surface area (TPSA) is 84.2 Å². The number of hydrogen-bond acceptors (Lipinski definition) is 5. The molecule has 0 atom stereocenters. The van der Waals surface area contributed by atoms with Gasteiger partial charge in [-0.1, -0.05) is 0 Å². The molecule has 0 spiro atoms. The molecule has 3 aromatic rings. The Bertz CT molecular complexity index is 1090. The molecule has 6 nitrogen and oxygen atoms in total. The van der Waals surface area contributed by atoms with Crippen LogP contribution in [0.2, 0.25) is 0 Å². The molecule has 0 bridgehead atoms. The normalized spacial score (nSPS) is 11.9. The molecule has 13 heteroatoms. The number of aromatic nitrogens is 1. The molecular formula is C20H15F6N3O3S. The van der Waals surface area contributed by atoms with Crippen LogP contribution in [0.1, 0.15) is 38.5 Å². The molecular weight excluding hydrogens is 476 g/mol. The van der Waals surface area contributed by atoms with Gasteiger partial charge in [-0.3, -0.25) is 9.59 Å². The van der Waals surface area contributed by atoms with Gasteiger partial charge in [-0.05, 0) is 35.9 Å². The van der Waals surface area contributed by atoms with E-state index >= 15 is 0 Å². The van der Waals surface area contributed by atoms with E-state index in [9.17, 15) is 35.9 Å². The lowest BCUT2D eigenvalue weighted by Gasteiger charge is -2.13. The van der Waals surface area contributed by atoms with Crippen molar-refractivity contribution in [2.24, 2.45) is 0 Å². The van der Waals surface area contributed by atoms with Crippen molar-refractivity contribution >= 4 is 28.3 Å². The Kier molecular flexibility index (Phi) is 7.10. The quantitative estimate of drug-likeness (QED) is 0.450. The Morgan fingerprint density at radius 1 is 1.03 bits per heavy atom. The summed E-state index contributed by atoms with van der Waals surface area (Å²) >= 11 is 0.913. The maximum Gasteiger partial charge on any atom is 0.416 e. The minimum absolute atomic E-state index is 0.00799. The van der Waals surface area contributed by atoms with Crippen LogP contribution in [-0.4, -0.2) is 23.3 Å². The number of anilines is 1. The van der Waals surface area contributed by atoms with E-state index in [2.05, 4.69) is 15.6 Å². The highest BCUT2D eigenvalue weighted by Gasteiger charge is 2.36. The first kappa shape index (κ1) is 24.3. The van der Waals surface area contributed by atoms with E-state index in [1.165, 1.54) is 24.6 Å². The molecule has 33 heavy (non-hydrogen) atoms. The molecule has 0 radical (unpaired) electrons. The van der Waals surface area contributed by atoms with Gasteiger partial charge in [0.1, 0.15) is 0 Å². The molecule has 2 aromatic heterocycles. The van der Waals surface area contributed by atoms with Crippen LogP contribution in [0.3, 0.4) is 0 Å². The lowest BCUT2D eigenvalue weighted by molar-refractivity contribution is -0.143. The molecule has 3 rings (SSSR count). The van der Waals surface area contributed by atoms with Crippen LogP contribution in [0.4, 0.5) is 31.5 Å². The maximum atomic E-state index is 13.0. The number of halogens is 6. The van der Waals surface area contributed by atoms with Crippen LogP contribution >= 0.6 is 11.3 Å². The van der Waals surface area contributed by atoms with Crippen molar-refractivity contribution in [3.05, 3.63) is 70.1 Å². The van der Waals surface area contributed by atoms with Crippen LogP contribution in [-0.2, 0) is 23.6 Å². The first-order chi connectivity index (χ1) is 15.4. The molecule has 0 saturated heterocycles. The fourth-order valence-corrected chi connectivity index (χ4v) is 3.60. The van der Waals surface area contributed by atoms with Crippen molar-refractivity contribution in [2.75, 3.05) is 11.9 Å². The molecule has 0 unspecified atom stereocenters. The van der Waals surface area contributed by atoms with Crippen LogP contribution < -0.4 is 10.6 Å². The monoisotopic (exact) mass is 491 g/mol. The smallest absolute Gasteiger partial charge is 0.416 e. The molecule has 2 amide bonds. The molecule has 0 aliphatic heterocycles. The summed E-state index contributed by atoms with van der Waals surface area (Å²) < 4.78 is 82.9. The average Bonchev–Trinajstić information content (AvgIpc) is 3.39. The Labute approximate surface area is 186 Å². The van der Waals surface area contributed by atoms with Gasteiger partial charge in [-0.2, -0.15) is 26.3 Å². The highest BCUT2D eigenvalue weighted by Crippen LogP contribution is 2.37. The average molecular weight is 491 g/mol. The van der Waals surface area contributed by atoms with E-state index < -0.39 is 35.3 Å². The number of benzene rings is 1. The predicted molar refractivity (Wildman–Crippen MR) is 106 cm³/mol. The van der Waals surface area contributed by atoms with Crippen LogP contribution in [0.25, 0.3) is 0 Å². The van der Waals surface area contributed by atoms with Crippen LogP contribution in [0.15, 0.2) is 47.2 Å². The van der Waals surface area contributed by atoms with E-state index in [1.54, 1.807) is 0 Å². The number of carbonyl (C=O) groups excluding carboxylic acids is 2. The third-order valence-electron chi connectivity index (χ3n) is 4.21. The van der Waals surface area contributed by atoms with Gasteiger partial charge in [0, 0.05) is 30.5 Å². The molecule has 0 aliphatic carbocycles. The van der Waals surface area contributed by atoms with Crippen molar-refractivity contribution in [2.45, 2.75) is 25.2 Å². The Morgan fingerprint density at radius 3 is 2.27 bits per heavy atom. The highest BCUT2D eigenvalue weighted by atomic mass is 32.1. The summed E-state index contributed by atoms with van der Waals surface area (Å²) in [4.78, 5) is 28.0. The van der Waals surface area contributed by atoms with E-state index in [0.29, 0.717) is 17.0 Å². The molecule has 0 saturated carbocycles. The number of rotatable bonds is 7. The van der Waals surface area contributed by atoms with Crippen molar-refractivity contribution in [3.63, 3.8) is 0 Å². The Hall–Kier alpha value is -3.35. The lowest BCUT2D eigenvalue weighted by atomic mass is 10.0. The molecule has 0 aliphatic rings. The highest BCUT2D eigenvalue weighted by molar-refractivity contribution is 7.15. The fourth-order valence-electron chi connectivity index (χ4n) is 2.74. The second kappa shape index (κ2) is 9.65. The zero-order chi connectivity index (χ0) is 24.2. The molecule has 176 valence electrons. The standard InChI is InChI=1S/C20H15F6N3O3S/c21-19(22,23)12-6-11(7-13(9-12)20(24,25)26)8-14-10-28-18(33-14)29-16(30)3-4-27-17(31)15-2-1-5-32-15/h1-2,5-7,9-10H,3-4,8H2,(H,27,31)(H,28,29,30). The number of carbonyl (C=O) groups is 2. The minimum atomic E-state index is -4.94. The van der Waals surface area contributed by atoms with E-state index in [4.69, 9.17) is 4.42 Å². The van der Waals surface area contributed by atoms with E-state index in [1.807, 2.05) is 0 Å². The largest absolute Gasteiger partial charge is 0.459 e. The number of amides is 2. The first-order valence-electron chi connectivity index (χ1n) is 9.26. The molecule has 0 fully saturated rings. The first-order valence-corrected chi connectivity index (χ1v) is 10.1. The van der Waals surface area contributed by atoms with Crippen molar-refractivity contribution in [1.29, 1.82) is 0 Å². The summed E-state index contributed by atoms with van der Waals surface area (Å²) in [5.41, 5.74) is -3.00. The van der Waals surface area contributed by atoms with Gasteiger partial charge < -0.3 is 15.1 Å². The summed E-state index contributed by atoms with van der Waals surface area (Å²) in [6.07, 6.45) is -7.62. The maximum absolute atomic E-state index is 13.0. The van der Waals surface area contributed by atoms with Gasteiger partial charge >= 0.3 is 12.4 Å². The SMILES string of the molecule is O=C(CCNC(=O)c1ccco1)Nc1ncc(Cc2cc(C(F)(F)F)cc(C(F)(F)F)c2)s1. The molecule has 2 N–H and O–H groups in total. The zero-order valence-electron chi connectivity index (χ0n) is 16.5. The third-order valence-corrected chi connectivity index (χ3v) is 5.12. The third kappa shape index (κ3) is 6.81. The second-order valence-corrected chi connectivity index (χ2v) is 7.87. The number of hydrogen-bond donors (Lipinski definition) is 2. The summed E-state index contributed by atoms with van der Waals surface area (Å²) in [6.45, 7) is 0.00799. The Morgan fingerprint density at radius 2 is 1.70 bits per heavy atom. The van der Waals surface area contributed by atoms with Gasteiger partial charge in [-0.25, -0.2) is 4.98 Å². The van der Waals surface area contributed by atoms with Crippen molar-refractivity contribution < 1.29 is 40.3 Å². The van der Waals surface area contributed by atoms with Crippen molar-refractivity contribution in [1.82, 2.24) is 10.3 Å². The van der Waals surface area contributed by atoms with Gasteiger partial charge in [0.05, 0.1) is 17.4 Å². The summed E-state index contributed by atoms with van der Waals surface area (Å²) in [7, 11) is 0. The fraction of sp³-hybridized carbons (Fsp3) is 0.250. The minimum Gasteiger partial charge on any atom is -0.459 e. The van der Waals surface area contributed by atoms with Crippen LogP contribution in [0.5, 0.6) is 0 Å². The number of furan rings is 1. The Balaban J connectivity index is 1.60. The number of alkyl halides is 6. The molecule has 2 heterocycles. The van der Waals surface area contributed by atoms with E-state index in [0.717, 1.165) is 11.3 Å². The number of nitrogens with zero attached hydrogens (tertiary/aromatic N) is 1. The summed E-state index contributed by atoms with van der Waals surface area (Å²) in [6, 6.07) is 4.34. The summed E-state index contributed by atoms with van der Waals surface area (Å²) in [5.74, 6) is -0.902. The lowest BCUT2D eigenvalue weighted by Crippen LogP contribution is -2.27. The van der Waals surface area contributed by atoms with Gasteiger partial charge in [0.15, 0.2) is 10.9 Å². The summed E-state index contributed by atoms with van der Waals surface area (Å²) in [5, 5.41) is 5.06. The number of nitrogens with one attached hydrogen (secondary N) is 2. The van der Waals surface area contributed by atoms with Crippen molar-refractivity contribution in [3.8, 4) is 0 Å². The second-order valence-electron chi connectivity index (χ2n) is 6.75. The van der Waals surface area contributed by atoms with Gasteiger partial charge in [0.25, 0.3) is 5.91 Å². The van der Waals surface area contributed by atoms with Crippen LogP contribution in [0, 0.1) is 0 Å². The number of thiazole rings is 1. The van der Waals surface area contributed by atoms with E-state index in [-0.39, 0.29) is 41.9 Å². The van der Waals surface area contributed by atoms with Gasteiger partial charge in [-0.15, -0.1) is 11.3 Å². The zero-order valence-corrected chi connectivity index (χ0v) is 17.3. The molecule has 1 aromatic carbocycles. The predicted octanol–water partition coefficient (Wildman–Crippen LogP) is 5.12. The van der Waals surface area contributed by atoms with Gasteiger partial charge in [0.2, 0.25) is 5.91 Å².